The molecule has 0 amide bonds. The molecule has 0 fully saturated rings. The fraction of sp³-hybridized carbons (Fsp3) is 0.500. The van der Waals surface area contributed by atoms with Gasteiger partial charge in [-0.25, -0.2) is 0 Å². The summed E-state index contributed by atoms with van der Waals surface area (Å²) in [6.45, 7) is 2.24. The maximum Gasteiger partial charge on any atom is 0.0239 e. The van der Waals surface area contributed by atoms with E-state index in [2.05, 4.69) is 53.2 Å². The number of rotatable bonds is 6. The third-order valence-electron chi connectivity index (χ3n) is 2.04. The Morgan fingerprint density at radius 2 is 2.00 bits per heavy atom. The number of hydrogen-bond acceptors (Lipinski definition) is 1. The van der Waals surface area contributed by atoms with Crippen LogP contribution in [0.25, 0.3) is 0 Å². The quantitative estimate of drug-likeness (QED) is 0.533. The largest absolute Gasteiger partial charge is 0.125 e. The first kappa shape index (κ1) is 12.1. The second-order valence-electron chi connectivity index (χ2n) is 3.36. The number of thioether (sulfide) groups is 1. The molecule has 0 saturated heterocycles. The van der Waals surface area contributed by atoms with Crippen LogP contribution in [0.2, 0.25) is 0 Å². The summed E-state index contributed by atoms with van der Waals surface area (Å²) in [6.07, 6.45) is 3.90. The van der Waals surface area contributed by atoms with Crippen molar-refractivity contribution in [2.45, 2.75) is 35.9 Å². The fourth-order valence-electron chi connectivity index (χ4n) is 1.21. The summed E-state index contributed by atoms with van der Waals surface area (Å²) >= 11 is 5.65. The second kappa shape index (κ2) is 7.36. The van der Waals surface area contributed by atoms with Gasteiger partial charge in [0.25, 0.3) is 0 Å². The lowest BCUT2D eigenvalue weighted by Crippen LogP contribution is -2.00. The molecule has 0 bridgehead atoms. The van der Waals surface area contributed by atoms with E-state index in [-0.39, 0.29) is 0 Å². The van der Waals surface area contributed by atoms with Crippen LogP contribution in [0, 0.1) is 0 Å². The van der Waals surface area contributed by atoms with E-state index >= 15 is 0 Å². The van der Waals surface area contributed by atoms with E-state index in [1.54, 1.807) is 0 Å². The summed E-state index contributed by atoms with van der Waals surface area (Å²) in [4.78, 5) is 2.03. The molecular weight excluding hydrogens is 256 g/mol. The highest BCUT2D eigenvalue weighted by atomic mass is 79.9. The lowest BCUT2D eigenvalue weighted by atomic mass is 10.2. The Kier molecular flexibility index (Phi) is 6.37. The Hall–Kier alpha value is 0.0500. The number of benzene rings is 1. The first-order valence-electron chi connectivity index (χ1n) is 5.15. The van der Waals surface area contributed by atoms with Gasteiger partial charge in [-0.15, -0.1) is 11.8 Å². The van der Waals surface area contributed by atoms with E-state index in [0.29, 0.717) is 4.83 Å². The Labute approximate surface area is 99.6 Å². The van der Waals surface area contributed by atoms with Crippen molar-refractivity contribution in [2.75, 3.05) is 5.75 Å². The molecule has 0 aliphatic carbocycles. The van der Waals surface area contributed by atoms with E-state index in [1.807, 2.05) is 11.8 Å². The maximum absolute atomic E-state index is 3.72. The van der Waals surface area contributed by atoms with E-state index in [9.17, 15) is 0 Å². The minimum Gasteiger partial charge on any atom is -0.125 e. The van der Waals surface area contributed by atoms with Crippen molar-refractivity contribution in [1.29, 1.82) is 0 Å². The standard InChI is InChI=1S/C12H17BrS/c1-2-3-7-11(13)10-14-12-8-5-4-6-9-12/h4-6,8-9,11H,2-3,7,10H2,1H3. The van der Waals surface area contributed by atoms with E-state index < -0.39 is 0 Å². The van der Waals surface area contributed by atoms with Crippen LogP contribution in [-0.2, 0) is 0 Å². The predicted octanol–water partition coefficient (Wildman–Crippen LogP) is 4.73. The average Bonchev–Trinajstić information content (AvgIpc) is 2.25. The van der Waals surface area contributed by atoms with Gasteiger partial charge >= 0.3 is 0 Å². The molecule has 0 N–H and O–H groups in total. The number of unbranched alkanes of at least 4 members (excludes halogenated alkanes) is 1. The molecule has 0 heterocycles. The minimum atomic E-state index is 0.660. The van der Waals surface area contributed by atoms with Gasteiger partial charge in [0.2, 0.25) is 0 Å². The summed E-state index contributed by atoms with van der Waals surface area (Å²) in [5.41, 5.74) is 0. The summed E-state index contributed by atoms with van der Waals surface area (Å²) in [5, 5.41) is 0. The van der Waals surface area contributed by atoms with Gasteiger partial charge in [-0.1, -0.05) is 53.9 Å². The zero-order chi connectivity index (χ0) is 10.2. The van der Waals surface area contributed by atoms with E-state index in [1.165, 1.54) is 29.9 Å². The van der Waals surface area contributed by atoms with Crippen LogP contribution in [0.3, 0.4) is 0 Å². The first-order valence-corrected chi connectivity index (χ1v) is 7.05. The highest BCUT2D eigenvalue weighted by Crippen LogP contribution is 2.22. The maximum atomic E-state index is 3.72. The van der Waals surface area contributed by atoms with Gasteiger partial charge in [0.05, 0.1) is 0 Å². The van der Waals surface area contributed by atoms with E-state index in [0.717, 1.165) is 0 Å². The third-order valence-corrected chi connectivity index (χ3v) is 4.43. The van der Waals surface area contributed by atoms with Gasteiger partial charge in [0.1, 0.15) is 0 Å². The third kappa shape index (κ3) is 5.06. The molecule has 1 aromatic carbocycles. The van der Waals surface area contributed by atoms with Crippen molar-refractivity contribution in [1.82, 2.24) is 0 Å². The number of alkyl halides is 1. The summed E-state index contributed by atoms with van der Waals surface area (Å²) < 4.78 is 0. The van der Waals surface area contributed by atoms with Gasteiger partial charge in [-0.3, -0.25) is 0 Å². The topological polar surface area (TPSA) is 0 Å². The minimum absolute atomic E-state index is 0.660. The molecule has 0 spiro atoms. The van der Waals surface area contributed by atoms with Crippen molar-refractivity contribution in [3.8, 4) is 0 Å². The SMILES string of the molecule is CCCCC(Br)CSc1ccccc1. The second-order valence-corrected chi connectivity index (χ2v) is 5.75. The molecule has 14 heavy (non-hydrogen) atoms. The Bertz CT molecular complexity index is 235. The molecule has 1 aromatic rings. The Morgan fingerprint density at radius 1 is 1.29 bits per heavy atom. The molecule has 1 rings (SSSR count). The predicted molar refractivity (Wildman–Crippen MR) is 69.4 cm³/mol. The van der Waals surface area contributed by atoms with Crippen molar-refractivity contribution >= 4 is 27.7 Å². The van der Waals surface area contributed by atoms with Gasteiger partial charge in [-0.05, 0) is 18.6 Å². The van der Waals surface area contributed by atoms with Crippen molar-refractivity contribution < 1.29 is 0 Å². The highest BCUT2D eigenvalue weighted by Gasteiger charge is 2.03. The molecule has 0 aliphatic heterocycles. The molecule has 0 nitrogen and oxygen atoms in total. The van der Waals surface area contributed by atoms with Crippen molar-refractivity contribution in [3.05, 3.63) is 30.3 Å². The molecule has 0 aliphatic rings. The average molecular weight is 273 g/mol. The molecule has 1 atom stereocenters. The van der Waals surface area contributed by atoms with Crippen LogP contribution in [0.5, 0.6) is 0 Å². The molecule has 0 aromatic heterocycles. The lowest BCUT2D eigenvalue weighted by Gasteiger charge is -2.08. The molecule has 0 radical (unpaired) electrons. The summed E-state index contributed by atoms with van der Waals surface area (Å²) in [7, 11) is 0. The van der Waals surface area contributed by atoms with Crippen LogP contribution in [-0.4, -0.2) is 10.6 Å². The molecular formula is C12H17BrS. The van der Waals surface area contributed by atoms with E-state index in [4.69, 9.17) is 0 Å². The lowest BCUT2D eigenvalue weighted by molar-refractivity contribution is 0.723. The fourth-order valence-corrected chi connectivity index (χ4v) is 2.82. The Balaban J connectivity index is 2.20. The Morgan fingerprint density at radius 3 is 2.64 bits per heavy atom. The van der Waals surface area contributed by atoms with Crippen LogP contribution in [0.1, 0.15) is 26.2 Å². The zero-order valence-corrected chi connectivity index (χ0v) is 11.0. The van der Waals surface area contributed by atoms with Crippen LogP contribution < -0.4 is 0 Å². The van der Waals surface area contributed by atoms with Crippen LogP contribution in [0.4, 0.5) is 0 Å². The van der Waals surface area contributed by atoms with Crippen LogP contribution >= 0.6 is 27.7 Å². The molecule has 1 unspecified atom stereocenters. The van der Waals surface area contributed by atoms with Gasteiger partial charge < -0.3 is 0 Å². The van der Waals surface area contributed by atoms with Gasteiger partial charge in [-0.2, -0.15) is 0 Å². The van der Waals surface area contributed by atoms with Gasteiger partial charge in [0, 0.05) is 15.5 Å². The van der Waals surface area contributed by atoms with Gasteiger partial charge in [0.15, 0.2) is 0 Å². The molecule has 2 heteroatoms. The zero-order valence-electron chi connectivity index (χ0n) is 8.58. The summed E-state index contributed by atoms with van der Waals surface area (Å²) in [6, 6.07) is 10.6. The molecule has 78 valence electrons. The normalized spacial score (nSPS) is 12.7. The highest BCUT2D eigenvalue weighted by molar-refractivity contribution is 9.09. The number of hydrogen-bond donors (Lipinski definition) is 0. The smallest absolute Gasteiger partial charge is 0.0239 e. The van der Waals surface area contributed by atoms with Crippen LogP contribution in [0.15, 0.2) is 35.2 Å². The van der Waals surface area contributed by atoms with Crippen molar-refractivity contribution in [2.24, 2.45) is 0 Å². The summed E-state index contributed by atoms with van der Waals surface area (Å²) in [5.74, 6) is 1.17. The number of halogens is 1. The molecule has 0 saturated carbocycles. The van der Waals surface area contributed by atoms with Crippen molar-refractivity contribution in [3.63, 3.8) is 0 Å². The first-order chi connectivity index (χ1) is 6.83. The monoisotopic (exact) mass is 272 g/mol.